The molecule has 0 aliphatic carbocycles. The molecule has 1 aliphatic heterocycles. The Morgan fingerprint density at radius 1 is 1.80 bits per heavy atom. The molecule has 1 fully saturated rings. The van der Waals surface area contributed by atoms with E-state index in [1.165, 1.54) is 7.11 Å². The van der Waals surface area contributed by atoms with E-state index in [0.29, 0.717) is 13.0 Å². The van der Waals surface area contributed by atoms with Crippen LogP contribution in [0.2, 0.25) is 0 Å². The lowest BCUT2D eigenvalue weighted by molar-refractivity contribution is -0.131. The molecule has 1 aliphatic rings. The van der Waals surface area contributed by atoms with Gasteiger partial charge in [-0.2, -0.15) is 0 Å². The van der Waals surface area contributed by atoms with Gasteiger partial charge in [-0.25, -0.2) is 0 Å². The predicted molar refractivity (Wildman–Crippen MR) is 53.2 cm³/mol. The summed E-state index contributed by atoms with van der Waals surface area (Å²) in [5.41, 5.74) is 4.39. The van der Waals surface area contributed by atoms with E-state index < -0.39 is 11.7 Å². The van der Waals surface area contributed by atoms with Gasteiger partial charge in [-0.05, 0) is 0 Å². The average Bonchev–Trinajstić information content (AvgIpc) is 2.65. The van der Waals surface area contributed by atoms with E-state index in [2.05, 4.69) is 5.32 Å². The molecule has 0 spiro atoms. The number of hydrogen-bond donors (Lipinski definition) is 3. The summed E-state index contributed by atoms with van der Waals surface area (Å²) < 4.78 is 9.91. The van der Waals surface area contributed by atoms with Gasteiger partial charge in [0, 0.05) is 33.2 Å². The van der Waals surface area contributed by atoms with Crippen molar-refractivity contribution in [2.45, 2.75) is 18.1 Å². The Morgan fingerprint density at radius 2 is 2.53 bits per heavy atom. The van der Waals surface area contributed by atoms with Crippen molar-refractivity contribution >= 4 is 5.91 Å². The number of nitrogens with two attached hydrogens (primary N) is 1. The fourth-order valence-corrected chi connectivity index (χ4v) is 1.41. The second-order valence-corrected chi connectivity index (χ2v) is 3.70. The zero-order chi connectivity index (χ0) is 11.3. The number of methoxy groups -OCH3 is 1. The minimum atomic E-state index is -0.942. The average molecular weight is 218 g/mol. The molecule has 15 heavy (non-hydrogen) atoms. The molecule has 2 atom stereocenters. The molecule has 0 aromatic rings. The number of ether oxygens (including phenoxy) is 2. The van der Waals surface area contributed by atoms with Gasteiger partial charge in [0.2, 0.25) is 0 Å². The number of rotatable bonds is 5. The van der Waals surface area contributed by atoms with E-state index >= 15 is 0 Å². The summed E-state index contributed by atoms with van der Waals surface area (Å²) in [7, 11) is 1.42. The van der Waals surface area contributed by atoms with Crippen LogP contribution < -0.4 is 11.1 Å². The van der Waals surface area contributed by atoms with Crippen molar-refractivity contribution in [2.75, 3.05) is 33.4 Å². The van der Waals surface area contributed by atoms with E-state index in [-0.39, 0.29) is 25.6 Å². The van der Waals surface area contributed by atoms with Crippen LogP contribution in [0, 0.1) is 0 Å². The maximum absolute atomic E-state index is 11.4. The quantitative estimate of drug-likeness (QED) is 0.507. The van der Waals surface area contributed by atoms with Gasteiger partial charge < -0.3 is 25.6 Å². The van der Waals surface area contributed by atoms with Crippen molar-refractivity contribution in [1.82, 2.24) is 5.32 Å². The molecule has 1 heterocycles. The third kappa shape index (κ3) is 3.42. The first-order chi connectivity index (χ1) is 7.11. The summed E-state index contributed by atoms with van der Waals surface area (Å²) in [6.45, 7) is 1.08. The Morgan fingerprint density at radius 3 is 3.00 bits per heavy atom. The summed E-state index contributed by atoms with van der Waals surface area (Å²) >= 11 is 0. The molecular formula is C9H18N2O4. The fourth-order valence-electron chi connectivity index (χ4n) is 1.41. The maximum Gasteiger partial charge on any atom is 0.250 e. The molecule has 0 radical (unpaired) electrons. The van der Waals surface area contributed by atoms with Crippen LogP contribution in [0.4, 0.5) is 0 Å². The highest BCUT2D eigenvalue weighted by atomic mass is 16.5. The van der Waals surface area contributed by atoms with Crippen LogP contribution in [0.5, 0.6) is 0 Å². The number of carbonyl (C=O) groups is 1. The third-order valence-electron chi connectivity index (χ3n) is 2.47. The molecule has 88 valence electrons. The fraction of sp³-hybridized carbons (Fsp3) is 0.889. The van der Waals surface area contributed by atoms with Crippen LogP contribution in [0.25, 0.3) is 0 Å². The molecule has 6 heteroatoms. The van der Waals surface area contributed by atoms with E-state index in [9.17, 15) is 9.90 Å². The first-order valence-corrected chi connectivity index (χ1v) is 4.92. The van der Waals surface area contributed by atoms with E-state index in [0.717, 1.165) is 0 Å². The monoisotopic (exact) mass is 218 g/mol. The van der Waals surface area contributed by atoms with Crippen molar-refractivity contribution in [3.8, 4) is 0 Å². The molecule has 6 nitrogen and oxygen atoms in total. The highest BCUT2D eigenvalue weighted by Crippen LogP contribution is 2.16. The molecule has 4 N–H and O–H groups in total. The Balaban J connectivity index is 2.32. The molecule has 1 amide bonds. The van der Waals surface area contributed by atoms with Gasteiger partial charge in [0.25, 0.3) is 5.91 Å². The molecule has 0 bridgehead atoms. The smallest absolute Gasteiger partial charge is 0.250 e. The zero-order valence-electron chi connectivity index (χ0n) is 8.86. The number of carbonyl (C=O) groups excluding carboxylic acids is 1. The highest BCUT2D eigenvalue weighted by molar-refractivity contribution is 5.81. The second-order valence-electron chi connectivity index (χ2n) is 3.70. The zero-order valence-corrected chi connectivity index (χ0v) is 8.86. The normalized spacial score (nSPS) is 27.7. The highest BCUT2D eigenvalue weighted by Gasteiger charge is 2.33. The lowest BCUT2D eigenvalue weighted by atomic mass is 10.0. The van der Waals surface area contributed by atoms with Gasteiger partial charge in [-0.1, -0.05) is 0 Å². The summed E-state index contributed by atoms with van der Waals surface area (Å²) in [6.07, 6.45) is -0.121. The van der Waals surface area contributed by atoms with Gasteiger partial charge in [0.05, 0.1) is 6.61 Å². The lowest BCUT2D eigenvalue weighted by Crippen LogP contribution is -2.48. The van der Waals surface area contributed by atoms with Crippen molar-refractivity contribution in [2.24, 2.45) is 5.73 Å². The second kappa shape index (κ2) is 5.41. The summed E-state index contributed by atoms with van der Waals surface area (Å²) in [4.78, 5) is 11.4. The van der Waals surface area contributed by atoms with Crippen LogP contribution in [0.15, 0.2) is 0 Å². The van der Waals surface area contributed by atoms with E-state index in [1.54, 1.807) is 0 Å². The summed E-state index contributed by atoms with van der Waals surface area (Å²) in [5.74, 6) is -0.305. The van der Waals surface area contributed by atoms with Crippen molar-refractivity contribution in [1.29, 1.82) is 0 Å². The third-order valence-corrected chi connectivity index (χ3v) is 2.47. The molecule has 0 aromatic heterocycles. The minimum Gasteiger partial charge on any atom is -0.386 e. The molecule has 0 aromatic carbocycles. The molecule has 1 saturated heterocycles. The largest absolute Gasteiger partial charge is 0.386 e. The van der Waals surface area contributed by atoms with Crippen molar-refractivity contribution < 1.29 is 19.4 Å². The molecular weight excluding hydrogens is 200 g/mol. The van der Waals surface area contributed by atoms with Crippen LogP contribution >= 0.6 is 0 Å². The van der Waals surface area contributed by atoms with Crippen molar-refractivity contribution in [3.05, 3.63) is 0 Å². The first kappa shape index (κ1) is 12.4. The van der Waals surface area contributed by atoms with Gasteiger partial charge in [0.1, 0.15) is 11.7 Å². The van der Waals surface area contributed by atoms with Gasteiger partial charge in [0.15, 0.2) is 0 Å². The Hall–Kier alpha value is -0.690. The SMILES string of the molecule is COC(CN)C(=O)NCC1(O)CCOC1. The predicted octanol–water partition coefficient (Wildman–Crippen LogP) is -1.77. The van der Waals surface area contributed by atoms with Crippen LogP contribution in [-0.2, 0) is 14.3 Å². The lowest BCUT2D eigenvalue weighted by Gasteiger charge is -2.22. The maximum atomic E-state index is 11.4. The minimum absolute atomic E-state index is 0.122. The summed E-state index contributed by atoms with van der Waals surface area (Å²) in [5, 5.41) is 12.4. The number of nitrogens with one attached hydrogen (secondary N) is 1. The standard InChI is InChI=1S/C9H18N2O4/c1-14-7(4-10)8(12)11-5-9(13)2-3-15-6-9/h7,13H,2-6,10H2,1H3,(H,11,12). The van der Waals surface area contributed by atoms with Crippen molar-refractivity contribution in [3.63, 3.8) is 0 Å². The molecule has 0 saturated carbocycles. The van der Waals surface area contributed by atoms with Gasteiger partial charge in [-0.3, -0.25) is 4.79 Å². The Kier molecular flexibility index (Phi) is 4.46. The Bertz CT molecular complexity index is 212. The van der Waals surface area contributed by atoms with E-state index in [1.807, 2.05) is 0 Å². The summed E-state index contributed by atoms with van der Waals surface area (Å²) in [6, 6.07) is 0. The number of amides is 1. The Labute approximate surface area is 88.7 Å². The van der Waals surface area contributed by atoms with Gasteiger partial charge in [-0.15, -0.1) is 0 Å². The van der Waals surface area contributed by atoms with Crippen LogP contribution in [0.3, 0.4) is 0 Å². The van der Waals surface area contributed by atoms with E-state index in [4.69, 9.17) is 15.2 Å². The topological polar surface area (TPSA) is 93.8 Å². The number of hydrogen-bond acceptors (Lipinski definition) is 5. The van der Waals surface area contributed by atoms with Crippen LogP contribution in [0.1, 0.15) is 6.42 Å². The van der Waals surface area contributed by atoms with Crippen LogP contribution in [-0.4, -0.2) is 56.1 Å². The molecule has 2 unspecified atom stereocenters. The molecule has 1 rings (SSSR count). The van der Waals surface area contributed by atoms with Gasteiger partial charge >= 0.3 is 0 Å². The first-order valence-electron chi connectivity index (χ1n) is 4.92. The number of aliphatic hydroxyl groups is 1.